The largest absolute Gasteiger partial charge is 0.493 e. The van der Waals surface area contributed by atoms with Gasteiger partial charge in [0.1, 0.15) is 5.82 Å². The summed E-state index contributed by atoms with van der Waals surface area (Å²) in [5.41, 5.74) is 2.63. The van der Waals surface area contributed by atoms with Crippen molar-refractivity contribution in [2.45, 2.75) is 38.3 Å². The Hall–Kier alpha value is -2.93. The third-order valence-corrected chi connectivity index (χ3v) is 6.19. The molecule has 0 saturated carbocycles. The van der Waals surface area contributed by atoms with Gasteiger partial charge in [-0.1, -0.05) is 0 Å². The van der Waals surface area contributed by atoms with Gasteiger partial charge in [-0.25, -0.2) is 4.39 Å². The number of rotatable bonds is 4. The summed E-state index contributed by atoms with van der Waals surface area (Å²) in [6.45, 7) is 1.74. The van der Waals surface area contributed by atoms with Gasteiger partial charge in [-0.15, -0.1) is 0 Å². The van der Waals surface area contributed by atoms with Crippen LogP contribution in [-0.4, -0.2) is 55.0 Å². The zero-order chi connectivity index (χ0) is 22.0. The molecule has 2 heterocycles. The van der Waals surface area contributed by atoms with Crippen LogP contribution in [0.25, 0.3) is 0 Å². The summed E-state index contributed by atoms with van der Waals surface area (Å²) in [5, 5.41) is 0. The molecule has 0 bridgehead atoms. The van der Waals surface area contributed by atoms with E-state index in [1.54, 1.807) is 14.2 Å². The number of likely N-dealkylation sites (tertiary alicyclic amines) is 1. The Morgan fingerprint density at radius 3 is 2.35 bits per heavy atom. The molecule has 1 saturated heterocycles. The highest BCUT2D eigenvalue weighted by molar-refractivity contribution is 6.06. The number of hydrogen-bond donors (Lipinski definition) is 0. The predicted molar refractivity (Wildman–Crippen MR) is 114 cm³/mol. The van der Waals surface area contributed by atoms with Crippen LogP contribution in [0.2, 0.25) is 0 Å². The van der Waals surface area contributed by atoms with E-state index in [-0.39, 0.29) is 17.9 Å². The summed E-state index contributed by atoms with van der Waals surface area (Å²) in [6, 6.07) is 8.98. The van der Waals surface area contributed by atoms with Gasteiger partial charge in [0.15, 0.2) is 11.5 Å². The molecule has 0 aromatic heterocycles. The SMILES string of the molecule is COc1cc2c(cc1OC)CN(C1CCCCN(C(=O)c3ccc(F)cc3)C1=O)CC2. The van der Waals surface area contributed by atoms with Gasteiger partial charge in [0.25, 0.3) is 5.91 Å². The number of hydrogen-bond acceptors (Lipinski definition) is 5. The first kappa shape index (κ1) is 21.3. The molecular weight excluding hydrogens is 399 g/mol. The first-order chi connectivity index (χ1) is 15.0. The van der Waals surface area contributed by atoms with Gasteiger partial charge >= 0.3 is 0 Å². The monoisotopic (exact) mass is 426 g/mol. The Labute approximate surface area is 181 Å². The molecule has 2 aromatic carbocycles. The van der Waals surface area contributed by atoms with Gasteiger partial charge in [0.2, 0.25) is 5.91 Å². The molecule has 6 nitrogen and oxygen atoms in total. The number of ether oxygens (including phenoxy) is 2. The minimum absolute atomic E-state index is 0.171. The van der Waals surface area contributed by atoms with E-state index in [0.717, 1.165) is 31.4 Å². The number of methoxy groups -OCH3 is 2. The molecule has 0 radical (unpaired) electrons. The average molecular weight is 426 g/mol. The second-order valence-corrected chi connectivity index (χ2v) is 8.01. The smallest absolute Gasteiger partial charge is 0.260 e. The number of fused-ring (bicyclic) bond motifs is 1. The average Bonchev–Trinajstić information content (AvgIpc) is 2.99. The minimum atomic E-state index is -0.407. The first-order valence-corrected chi connectivity index (χ1v) is 10.6. The number of nitrogens with zero attached hydrogens (tertiary/aromatic N) is 2. The van der Waals surface area contributed by atoms with Crippen molar-refractivity contribution in [1.29, 1.82) is 0 Å². The van der Waals surface area contributed by atoms with Crippen LogP contribution in [0.5, 0.6) is 11.5 Å². The maximum Gasteiger partial charge on any atom is 0.260 e. The maximum atomic E-state index is 13.4. The van der Waals surface area contributed by atoms with Crippen molar-refractivity contribution in [2.24, 2.45) is 0 Å². The van der Waals surface area contributed by atoms with Crippen LogP contribution in [-0.2, 0) is 17.8 Å². The fourth-order valence-corrected chi connectivity index (χ4v) is 4.48. The second-order valence-electron chi connectivity index (χ2n) is 8.01. The van der Waals surface area contributed by atoms with Crippen LogP contribution in [0.1, 0.15) is 40.7 Å². The molecular formula is C24H27FN2O4. The standard InChI is InChI=1S/C24H27FN2O4/c1-30-21-13-17-10-12-26(15-18(17)14-22(21)31-2)20-5-3-4-11-27(24(20)29)23(28)16-6-8-19(25)9-7-16/h6-9,13-14,20H,3-5,10-12,15H2,1-2H3. The van der Waals surface area contributed by atoms with Crippen LogP contribution in [0.15, 0.2) is 36.4 Å². The van der Waals surface area contributed by atoms with Gasteiger partial charge in [0, 0.05) is 25.2 Å². The molecule has 0 aliphatic carbocycles. The Morgan fingerprint density at radius 2 is 1.68 bits per heavy atom. The van der Waals surface area contributed by atoms with Crippen molar-refractivity contribution < 1.29 is 23.5 Å². The summed E-state index contributed by atoms with van der Waals surface area (Å²) in [5.74, 6) is 0.437. The van der Waals surface area contributed by atoms with E-state index in [1.165, 1.54) is 34.7 Å². The van der Waals surface area contributed by atoms with Crippen molar-refractivity contribution in [3.05, 3.63) is 58.9 Å². The van der Waals surface area contributed by atoms with Crippen molar-refractivity contribution >= 4 is 11.8 Å². The highest BCUT2D eigenvalue weighted by atomic mass is 19.1. The summed E-state index contributed by atoms with van der Waals surface area (Å²) >= 11 is 0. The lowest BCUT2D eigenvalue weighted by Crippen LogP contribution is -2.50. The van der Waals surface area contributed by atoms with Crippen LogP contribution in [0.3, 0.4) is 0 Å². The van der Waals surface area contributed by atoms with Crippen molar-refractivity contribution in [3.63, 3.8) is 0 Å². The van der Waals surface area contributed by atoms with Gasteiger partial charge in [-0.3, -0.25) is 19.4 Å². The van der Waals surface area contributed by atoms with Gasteiger partial charge in [0.05, 0.1) is 20.3 Å². The number of carbonyl (C=O) groups is 2. The van der Waals surface area contributed by atoms with Crippen molar-refractivity contribution in [3.8, 4) is 11.5 Å². The Balaban J connectivity index is 1.56. The molecule has 2 aliphatic heterocycles. The number of amides is 2. The molecule has 1 fully saturated rings. The summed E-state index contributed by atoms with van der Waals surface area (Å²) < 4.78 is 24.1. The van der Waals surface area contributed by atoms with E-state index in [1.807, 2.05) is 12.1 Å². The molecule has 1 unspecified atom stereocenters. The minimum Gasteiger partial charge on any atom is -0.493 e. The fraction of sp³-hybridized carbons (Fsp3) is 0.417. The molecule has 2 aliphatic rings. The van der Waals surface area contributed by atoms with Crippen molar-refractivity contribution in [2.75, 3.05) is 27.3 Å². The number of benzene rings is 2. The van der Waals surface area contributed by atoms with E-state index in [0.29, 0.717) is 36.6 Å². The first-order valence-electron chi connectivity index (χ1n) is 10.6. The van der Waals surface area contributed by atoms with E-state index in [9.17, 15) is 14.0 Å². The third kappa shape index (κ3) is 4.28. The quantitative estimate of drug-likeness (QED) is 0.702. The third-order valence-electron chi connectivity index (χ3n) is 6.19. The lowest BCUT2D eigenvalue weighted by Gasteiger charge is -2.36. The summed E-state index contributed by atoms with van der Waals surface area (Å²) in [7, 11) is 3.23. The van der Waals surface area contributed by atoms with Crippen LogP contribution in [0, 0.1) is 5.82 Å². The van der Waals surface area contributed by atoms with E-state index >= 15 is 0 Å². The Bertz CT molecular complexity index is 976. The van der Waals surface area contributed by atoms with Crippen LogP contribution < -0.4 is 9.47 Å². The molecule has 2 amide bonds. The zero-order valence-electron chi connectivity index (χ0n) is 17.9. The number of imide groups is 1. The lowest BCUT2D eigenvalue weighted by atomic mass is 9.96. The second kappa shape index (κ2) is 9.06. The van der Waals surface area contributed by atoms with Crippen molar-refractivity contribution in [1.82, 2.24) is 9.80 Å². The van der Waals surface area contributed by atoms with Crippen LogP contribution >= 0.6 is 0 Å². The molecule has 0 N–H and O–H groups in total. The van der Waals surface area contributed by atoms with Gasteiger partial charge < -0.3 is 9.47 Å². The normalized spacial score (nSPS) is 19.5. The molecule has 7 heteroatoms. The molecule has 2 aromatic rings. The maximum absolute atomic E-state index is 13.4. The molecule has 1 atom stereocenters. The van der Waals surface area contributed by atoms with E-state index in [2.05, 4.69) is 4.90 Å². The van der Waals surface area contributed by atoms with E-state index < -0.39 is 5.82 Å². The van der Waals surface area contributed by atoms with Gasteiger partial charge in [-0.2, -0.15) is 0 Å². The highest BCUT2D eigenvalue weighted by Crippen LogP contribution is 2.34. The number of halogens is 1. The van der Waals surface area contributed by atoms with E-state index in [4.69, 9.17) is 9.47 Å². The molecule has 31 heavy (non-hydrogen) atoms. The Kier molecular flexibility index (Phi) is 6.23. The highest BCUT2D eigenvalue weighted by Gasteiger charge is 2.36. The predicted octanol–water partition coefficient (Wildman–Crippen LogP) is 3.42. The lowest BCUT2D eigenvalue weighted by molar-refractivity contribution is -0.134. The number of carbonyl (C=O) groups excluding carboxylic acids is 2. The molecule has 0 spiro atoms. The topological polar surface area (TPSA) is 59.1 Å². The van der Waals surface area contributed by atoms with Gasteiger partial charge in [-0.05, 0) is 73.2 Å². The zero-order valence-corrected chi connectivity index (χ0v) is 17.9. The Morgan fingerprint density at radius 1 is 1.00 bits per heavy atom. The summed E-state index contributed by atoms with van der Waals surface area (Å²) in [6.07, 6.45) is 3.16. The molecule has 164 valence electrons. The van der Waals surface area contributed by atoms with Crippen LogP contribution in [0.4, 0.5) is 4.39 Å². The molecule has 4 rings (SSSR count). The fourth-order valence-electron chi connectivity index (χ4n) is 4.48. The summed E-state index contributed by atoms with van der Waals surface area (Å²) in [4.78, 5) is 29.9.